The average Bonchev–Trinajstić information content (AvgIpc) is 3.62. The Kier molecular flexibility index (Phi) is 8.06. The smallest absolute Gasteiger partial charge is 0.187 e. The maximum absolute atomic E-state index is 7.97. The van der Waals surface area contributed by atoms with Crippen LogP contribution in [0.15, 0.2) is 206 Å². The highest BCUT2D eigenvalue weighted by molar-refractivity contribution is 5.96. The van der Waals surface area contributed by atoms with E-state index in [1.807, 2.05) is 6.07 Å². The first-order valence-corrected chi connectivity index (χ1v) is 19.8. The molecule has 4 heteroatoms. The van der Waals surface area contributed by atoms with Crippen LogP contribution in [-0.4, -0.2) is 15.0 Å². The van der Waals surface area contributed by atoms with Crippen LogP contribution in [-0.2, 0) is 5.41 Å². The highest BCUT2D eigenvalue weighted by Gasteiger charge is 2.46. The molecule has 0 radical (unpaired) electrons. The Morgan fingerprint density at radius 3 is 1.41 bits per heavy atom. The summed E-state index contributed by atoms with van der Waals surface area (Å²) in [4.78, 5) is 19.2. The molecule has 11 rings (SSSR count). The lowest BCUT2D eigenvalue weighted by molar-refractivity contribution is 0.769. The quantitative estimate of drug-likeness (QED) is 0.159. The fraction of sp³-hybridized carbons (Fsp3) is 0.0182. The van der Waals surface area contributed by atoms with Gasteiger partial charge in [-0.3, -0.25) is 0 Å². The van der Waals surface area contributed by atoms with Gasteiger partial charge in [0.25, 0.3) is 0 Å². The molecule has 0 aliphatic heterocycles. The van der Waals surface area contributed by atoms with E-state index in [2.05, 4.69) is 205 Å². The van der Waals surface area contributed by atoms with Crippen molar-refractivity contribution in [2.75, 3.05) is 0 Å². The zero-order valence-corrected chi connectivity index (χ0v) is 31.9. The van der Waals surface area contributed by atoms with E-state index < -0.39 is 5.41 Å². The van der Waals surface area contributed by atoms with Crippen molar-refractivity contribution in [2.24, 2.45) is 0 Å². The Morgan fingerprint density at radius 2 is 0.847 bits per heavy atom. The first kappa shape index (κ1) is 34.3. The van der Waals surface area contributed by atoms with Crippen molar-refractivity contribution in [2.45, 2.75) is 5.41 Å². The van der Waals surface area contributed by atoms with Gasteiger partial charge in [-0.2, -0.15) is 0 Å². The Bertz CT molecular complexity index is 3140. The van der Waals surface area contributed by atoms with Crippen molar-refractivity contribution >= 4 is 27.2 Å². The molecule has 0 spiro atoms. The van der Waals surface area contributed by atoms with Crippen molar-refractivity contribution in [1.82, 2.24) is 15.0 Å². The van der Waals surface area contributed by atoms with E-state index in [0.717, 1.165) is 49.7 Å². The third kappa shape index (κ3) is 5.63. The van der Waals surface area contributed by atoms with Gasteiger partial charge in [0.1, 0.15) is 0 Å². The monoisotopic (exact) mass is 750 g/mol. The molecule has 59 heavy (non-hydrogen) atoms. The molecule has 274 valence electrons. The Balaban J connectivity index is 1.07. The summed E-state index contributed by atoms with van der Waals surface area (Å²) in [5.74, 6) is 1.87. The number of benzene rings is 9. The van der Waals surface area contributed by atoms with Crippen LogP contribution in [0.2, 0.25) is 0 Å². The van der Waals surface area contributed by atoms with Crippen LogP contribution in [0.3, 0.4) is 0 Å². The van der Waals surface area contributed by atoms with Gasteiger partial charge in [-0.15, -0.1) is 0 Å². The summed E-state index contributed by atoms with van der Waals surface area (Å²) >= 11 is 0. The second-order valence-corrected chi connectivity index (χ2v) is 15.1. The third-order valence-electron chi connectivity index (χ3n) is 11.8. The summed E-state index contributed by atoms with van der Waals surface area (Å²) in [6, 6.07) is 72.3. The number of fused-ring (bicyclic) bond motifs is 5. The third-order valence-corrected chi connectivity index (χ3v) is 11.8. The molecule has 9 aromatic carbocycles. The van der Waals surface area contributed by atoms with Crippen LogP contribution in [0.1, 0.15) is 22.3 Å². The highest BCUT2D eigenvalue weighted by atomic mass is 15.0. The van der Waals surface area contributed by atoms with E-state index in [9.17, 15) is 0 Å². The largest absolute Gasteiger partial charge is 0.238 e. The number of rotatable bonds is 6. The minimum atomic E-state index is -0.604. The van der Waals surface area contributed by atoms with Crippen LogP contribution >= 0.6 is 0 Å². The Hall–Kier alpha value is -8.00. The molecular weight excluding hydrogens is 717 g/mol. The van der Waals surface area contributed by atoms with E-state index in [0.29, 0.717) is 23.2 Å². The van der Waals surface area contributed by atoms with Crippen molar-refractivity contribution in [1.29, 1.82) is 0 Å². The molecule has 1 aromatic heterocycles. The lowest BCUT2D eigenvalue weighted by atomic mass is 9.67. The highest BCUT2D eigenvalue weighted by Crippen LogP contribution is 2.59. The molecule has 4 nitrogen and oxygen atoms in total. The van der Waals surface area contributed by atoms with Crippen molar-refractivity contribution in [3.8, 4) is 56.4 Å². The van der Waals surface area contributed by atoms with Gasteiger partial charge in [0.05, 0.1) is 12.0 Å². The first-order chi connectivity index (χ1) is 29.2. The molecule has 10 aromatic rings. The molecule has 0 unspecified atom stereocenters. The molecule has 1 aliphatic rings. The molecule has 0 amide bonds. The second kappa shape index (κ2) is 13.9. The molecule has 0 bridgehead atoms. The topological polar surface area (TPSA) is 43.0 Å². The van der Waals surface area contributed by atoms with Gasteiger partial charge >= 0.3 is 0 Å². The summed E-state index contributed by atoms with van der Waals surface area (Å²) in [5, 5.41) is 4.61. The van der Waals surface area contributed by atoms with Gasteiger partial charge in [-0.05, 0) is 78.2 Å². The van der Waals surface area contributed by atoms with E-state index in [-0.39, 0.29) is 0 Å². The predicted octanol–water partition coefficient (Wildman–Crippen LogP) is 13.8. The minimum Gasteiger partial charge on any atom is -0.238 e. The summed E-state index contributed by atoms with van der Waals surface area (Å²) in [6.45, 7) is 7.97. The Labute approximate surface area is 342 Å². The van der Waals surface area contributed by atoms with Crippen LogP contribution in [0.4, 0.5) is 5.69 Å². The molecule has 0 atom stereocenters. The summed E-state index contributed by atoms with van der Waals surface area (Å²) in [5.41, 5.74) is 12.0. The number of hydrogen-bond acceptors (Lipinski definition) is 3. The first-order valence-electron chi connectivity index (χ1n) is 19.8. The summed E-state index contributed by atoms with van der Waals surface area (Å²) < 4.78 is 0. The maximum Gasteiger partial charge on any atom is 0.187 e. The Morgan fingerprint density at radius 1 is 0.356 bits per heavy atom. The van der Waals surface area contributed by atoms with Crippen molar-refractivity contribution in [3.05, 3.63) is 240 Å². The van der Waals surface area contributed by atoms with E-state index in [1.165, 1.54) is 33.0 Å². The molecule has 1 heterocycles. The van der Waals surface area contributed by atoms with Crippen molar-refractivity contribution in [3.63, 3.8) is 0 Å². The zero-order chi connectivity index (χ0) is 39.3. The summed E-state index contributed by atoms with van der Waals surface area (Å²) in [6.07, 6.45) is 0. The van der Waals surface area contributed by atoms with Gasteiger partial charge in [0.15, 0.2) is 23.2 Å². The molecule has 0 fully saturated rings. The second-order valence-electron chi connectivity index (χ2n) is 15.1. The fourth-order valence-corrected chi connectivity index (χ4v) is 9.05. The van der Waals surface area contributed by atoms with Crippen LogP contribution in [0.25, 0.3) is 82.8 Å². The van der Waals surface area contributed by atoms with Gasteiger partial charge in [0.2, 0.25) is 0 Å². The molecule has 0 saturated heterocycles. The maximum atomic E-state index is 7.97. The van der Waals surface area contributed by atoms with Gasteiger partial charge in [-0.1, -0.05) is 194 Å². The predicted molar refractivity (Wildman–Crippen MR) is 240 cm³/mol. The lowest BCUT2D eigenvalue weighted by Crippen LogP contribution is -2.28. The summed E-state index contributed by atoms with van der Waals surface area (Å²) in [7, 11) is 0. The minimum absolute atomic E-state index is 0.604. The fourth-order valence-electron chi connectivity index (χ4n) is 9.05. The van der Waals surface area contributed by atoms with Gasteiger partial charge < -0.3 is 0 Å². The SMILES string of the molecule is [C-]#[N+]c1ccc2c(c1)C(c1ccccc1)(c1ccccc1)c1cccc(-c3ccc(-c4nc(-c5ccc6ccccc6c5)nc(-c5ccc6ccccc6c5)n4)cc3)c1-2. The lowest BCUT2D eigenvalue weighted by Gasteiger charge is -2.34. The van der Waals surface area contributed by atoms with Gasteiger partial charge in [0, 0.05) is 16.7 Å². The van der Waals surface area contributed by atoms with Crippen LogP contribution in [0, 0.1) is 6.57 Å². The average molecular weight is 751 g/mol. The van der Waals surface area contributed by atoms with Crippen molar-refractivity contribution < 1.29 is 0 Å². The van der Waals surface area contributed by atoms with Crippen LogP contribution < -0.4 is 0 Å². The number of nitrogens with zero attached hydrogens (tertiary/aromatic N) is 4. The number of aromatic nitrogens is 3. The molecule has 1 aliphatic carbocycles. The van der Waals surface area contributed by atoms with E-state index in [4.69, 9.17) is 21.5 Å². The van der Waals surface area contributed by atoms with Crippen LogP contribution in [0.5, 0.6) is 0 Å². The molecular formula is C55H34N4. The molecule has 0 N–H and O–H groups in total. The number of hydrogen-bond donors (Lipinski definition) is 0. The van der Waals surface area contributed by atoms with E-state index >= 15 is 0 Å². The normalized spacial score (nSPS) is 12.5. The standard InChI is InChI=1S/C55H34N4/c1-56-46-31-32-48-50(35-46)55(44-17-4-2-5-18-44,45-19-6-3-7-20-45)49-22-12-21-47(51(48)49)38-25-27-39(28-26-38)52-57-53(42-29-23-36-13-8-10-15-40(36)33-42)59-54(58-52)43-30-24-37-14-9-11-16-41(37)34-43/h2-35H. The van der Waals surface area contributed by atoms with E-state index in [1.54, 1.807) is 0 Å². The van der Waals surface area contributed by atoms with Gasteiger partial charge in [-0.25, -0.2) is 19.8 Å². The molecule has 0 saturated carbocycles. The zero-order valence-electron chi connectivity index (χ0n) is 31.9.